The first-order chi connectivity index (χ1) is 10.6. The number of carboxylic acid groups (broad SMARTS) is 1. The average molecular weight is 296 g/mol. The van der Waals surface area contributed by atoms with Crippen molar-refractivity contribution < 1.29 is 14.7 Å². The molecule has 0 radical (unpaired) electrons. The predicted octanol–water partition coefficient (Wildman–Crippen LogP) is 3.90. The van der Waals surface area contributed by atoms with Crippen molar-refractivity contribution in [1.82, 2.24) is 0 Å². The lowest BCUT2D eigenvalue weighted by Gasteiger charge is -2.12. The van der Waals surface area contributed by atoms with Crippen LogP contribution in [0.5, 0.6) is 0 Å². The van der Waals surface area contributed by atoms with Gasteiger partial charge in [-0.3, -0.25) is 9.59 Å². The summed E-state index contributed by atoms with van der Waals surface area (Å²) < 4.78 is 0. The lowest BCUT2D eigenvalue weighted by molar-refractivity contribution is -0.141. The van der Waals surface area contributed by atoms with E-state index >= 15 is 0 Å². The topological polar surface area (TPSA) is 54.4 Å². The van der Waals surface area contributed by atoms with Gasteiger partial charge in [0.05, 0.1) is 5.92 Å². The molecule has 2 aromatic carbocycles. The van der Waals surface area contributed by atoms with E-state index in [2.05, 4.69) is 0 Å². The number of aliphatic carboxylic acids is 1. The van der Waals surface area contributed by atoms with Gasteiger partial charge in [0.15, 0.2) is 5.78 Å². The van der Waals surface area contributed by atoms with Crippen LogP contribution < -0.4 is 0 Å². The molecule has 1 N–H and O–H groups in total. The Labute approximate surface area is 130 Å². The smallest absolute Gasteiger partial charge is 0.306 e. The van der Waals surface area contributed by atoms with Gasteiger partial charge in [0.1, 0.15) is 0 Å². The number of benzene rings is 2. The van der Waals surface area contributed by atoms with Gasteiger partial charge in [-0.1, -0.05) is 60.2 Å². The maximum Gasteiger partial charge on any atom is 0.306 e. The molecule has 0 heterocycles. The van der Waals surface area contributed by atoms with Crippen LogP contribution in [0.1, 0.15) is 34.3 Å². The Hall–Kier alpha value is -2.42. The van der Waals surface area contributed by atoms with Gasteiger partial charge in [0.2, 0.25) is 0 Å². The molecule has 0 amide bonds. The minimum atomic E-state index is -0.906. The third kappa shape index (κ3) is 4.55. The monoisotopic (exact) mass is 296 g/mol. The van der Waals surface area contributed by atoms with Crippen LogP contribution in [0.2, 0.25) is 0 Å². The zero-order chi connectivity index (χ0) is 15.9. The Bertz CT molecular complexity index is 629. The molecule has 2 aromatic rings. The van der Waals surface area contributed by atoms with E-state index in [1.165, 1.54) is 0 Å². The molecule has 1 atom stereocenters. The highest BCUT2D eigenvalue weighted by Crippen LogP contribution is 2.17. The number of rotatable bonds is 7. The number of hydrogen-bond donors (Lipinski definition) is 1. The summed E-state index contributed by atoms with van der Waals surface area (Å²) in [7, 11) is 0. The van der Waals surface area contributed by atoms with E-state index in [-0.39, 0.29) is 12.2 Å². The van der Waals surface area contributed by atoms with Crippen LogP contribution in [0.15, 0.2) is 54.6 Å². The molecule has 0 aliphatic rings. The van der Waals surface area contributed by atoms with E-state index < -0.39 is 11.9 Å². The van der Waals surface area contributed by atoms with E-state index in [0.717, 1.165) is 11.1 Å². The first-order valence-corrected chi connectivity index (χ1v) is 7.43. The third-order valence-electron chi connectivity index (χ3n) is 3.78. The molecule has 114 valence electrons. The first-order valence-electron chi connectivity index (χ1n) is 7.43. The largest absolute Gasteiger partial charge is 0.481 e. The second-order valence-corrected chi connectivity index (χ2v) is 5.55. The molecule has 0 aliphatic carbocycles. The van der Waals surface area contributed by atoms with Crippen molar-refractivity contribution in [3.8, 4) is 0 Å². The Morgan fingerprint density at radius 2 is 1.64 bits per heavy atom. The standard InChI is InChI=1S/C19H20O3/c1-14-7-10-16(11-8-14)18(20)13-17(19(21)22)12-9-15-5-3-2-4-6-15/h2-8,10-11,17H,9,12-13H2,1H3,(H,21,22). The van der Waals surface area contributed by atoms with Crippen molar-refractivity contribution in [2.24, 2.45) is 5.92 Å². The molecule has 22 heavy (non-hydrogen) atoms. The van der Waals surface area contributed by atoms with Crippen LogP contribution in [-0.4, -0.2) is 16.9 Å². The van der Waals surface area contributed by atoms with Gasteiger partial charge >= 0.3 is 5.97 Å². The lowest BCUT2D eigenvalue weighted by atomic mass is 9.92. The number of hydrogen-bond acceptors (Lipinski definition) is 2. The Balaban J connectivity index is 1.98. The Morgan fingerprint density at radius 1 is 1.00 bits per heavy atom. The van der Waals surface area contributed by atoms with Crippen molar-refractivity contribution in [3.63, 3.8) is 0 Å². The number of carbonyl (C=O) groups excluding carboxylic acids is 1. The first kappa shape index (κ1) is 16.0. The number of carbonyl (C=O) groups is 2. The summed E-state index contributed by atoms with van der Waals surface area (Å²) in [4.78, 5) is 23.6. The molecule has 0 bridgehead atoms. The summed E-state index contributed by atoms with van der Waals surface area (Å²) >= 11 is 0. The molecule has 0 spiro atoms. The number of Topliss-reactive ketones (excluding diaryl/α,β-unsaturated/α-hetero) is 1. The van der Waals surface area contributed by atoms with E-state index in [0.29, 0.717) is 18.4 Å². The van der Waals surface area contributed by atoms with Gasteiger partial charge in [-0.2, -0.15) is 0 Å². The van der Waals surface area contributed by atoms with Crippen LogP contribution in [0.3, 0.4) is 0 Å². The average Bonchev–Trinajstić information content (AvgIpc) is 2.52. The zero-order valence-corrected chi connectivity index (χ0v) is 12.7. The van der Waals surface area contributed by atoms with Crippen molar-refractivity contribution in [2.45, 2.75) is 26.2 Å². The van der Waals surface area contributed by atoms with Gasteiger partial charge in [-0.15, -0.1) is 0 Å². The van der Waals surface area contributed by atoms with E-state index in [1.54, 1.807) is 12.1 Å². The van der Waals surface area contributed by atoms with Gasteiger partial charge in [0.25, 0.3) is 0 Å². The van der Waals surface area contributed by atoms with Crippen LogP contribution in [0, 0.1) is 12.8 Å². The molecular formula is C19H20O3. The van der Waals surface area contributed by atoms with Crippen molar-refractivity contribution in [1.29, 1.82) is 0 Å². The highest BCUT2D eigenvalue weighted by atomic mass is 16.4. The normalized spacial score (nSPS) is 11.9. The van der Waals surface area contributed by atoms with Gasteiger partial charge < -0.3 is 5.11 Å². The molecule has 0 saturated heterocycles. The van der Waals surface area contributed by atoms with Gasteiger partial charge in [-0.25, -0.2) is 0 Å². The fourth-order valence-electron chi connectivity index (χ4n) is 2.38. The van der Waals surface area contributed by atoms with E-state index in [9.17, 15) is 14.7 Å². The van der Waals surface area contributed by atoms with Crippen molar-refractivity contribution in [3.05, 3.63) is 71.3 Å². The van der Waals surface area contributed by atoms with Gasteiger partial charge in [0, 0.05) is 12.0 Å². The van der Waals surface area contributed by atoms with E-state index in [4.69, 9.17) is 0 Å². The number of aryl methyl sites for hydroxylation is 2. The zero-order valence-electron chi connectivity index (χ0n) is 12.7. The summed E-state index contributed by atoms with van der Waals surface area (Å²) in [6.45, 7) is 1.95. The maximum atomic E-state index is 12.2. The second kappa shape index (κ2) is 7.55. The molecule has 0 fully saturated rings. The molecule has 0 saturated carbocycles. The Kier molecular flexibility index (Phi) is 5.48. The SMILES string of the molecule is Cc1ccc(C(=O)CC(CCc2ccccc2)C(=O)O)cc1. The van der Waals surface area contributed by atoms with Crippen LogP contribution in [0.4, 0.5) is 0 Å². The highest BCUT2D eigenvalue weighted by Gasteiger charge is 2.21. The minimum absolute atomic E-state index is 0.0469. The summed E-state index contributed by atoms with van der Waals surface area (Å²) in [6.07, 6.45) is 1.18. The highest BCUT2D eigenvalue weighted by molar-refractivity contribution is 5.97. The van der Waals surface area contributed by atoms with Crippen molar-refractivity contribution >= 4 is 11.8 Å². The molecule has 3 heteroatoms. The quantitative estimate of drug-likeness (QED) is 0.788. The lowest BCUT2D eigenvalue weighted by Crippen LogP contribution is -2.19. The molecule has 0 aromatic heterocycles. The van der Waals surface area contributed by atoms with Crippen molar-refractivity contribution in [2.75, 3.05) is 0 Å². The Morgan fingerprint density at radius 3 is 2.23 bits per heavy atom. The maximum absolute atomic E-state index is 12.2. The molecule has 3 nitrogen and oxygen atoms in total. The molecular weight excluding hydrogens is 276 g/mol. The molecule has 2 rings (SSSR count). The molecule has 1 unspecified atom stereocenters. The fraction of sp³-hybridized carbons (Fsp3) is 0.263. The van der Waals surface area contributed by atoms with E-state index in [1.807, 2.05) is 49.4 Å². The third-order valence-corrected chi connectivity index (χ3v) is 3.78. The fourth-order valence-corrected chi connectivity index (χ4v) is 2.38. The van der Waals surface area contributed by atoms with Crippen LogP contribution >= 0.6 is 0 Å². The second-order valence-electron chi connectivity index (χ2n) is 5.55. The summed E-state index contributed by atoms with van der Waals surface area (Å²) in [5.41, 5.74) is 2.75. The van der Waals surface area contributed by atoms with Crippen LogP contribution in [-0.2, 0) is 11.2 Å². The summed E-state index contributed by atoms with van der Waals surface area (Å²) in [5, 5.41) is 9.34. The molecule has 0 aliphatic heterocycles. The number of ketones is 1. The van der Waals surface area contributed by atoms with Crippen LogP contribution in [0.25, 0.3) is 0 Å². The minimum Gasteiger partial charge on any atom is -0.481 e. The summed E-state index contributed by atoms with van der Waals surface area (Å²) in [5.74, 6) is -1.66. The number of carboxylic acids is 1. The predicted molar refractivity (Wildman–Crippen MR) is 86.0 cm³/mol. The summed E-state index contributed by atoms with van der Waals surface area (Å²) in [6, 6.07) is 17.0. The van der Waals surface area contributed by atoms with Gasteiger partial charge in [-0.05, 0) is 25.3 Å².